The van der Waals surface area contributed by atoms with Crippen LogP contribution in [-0.4, -0.2) is 36.4 Å². The summed E-state index contributed by atoms with van der Waals surface area (Å²) in [7, 11) is 1.57. The van der Waals surface area contributed by atoms with E-state index in [0.29, 0.717) is 17.2 Å². The summed E-state index contributed by atoms with van der Waals surface area (Å²) >= 11 is 9.81. The lowest BCUT2D eigenvalue weighted by Gasteiger charge is -2.31. The minimum atomic E-state index is -0.729. The number of fused-ring (bicyclic) bond motifs is 1. The first-order chi connectivity index (χ1) is 17.5. The molecule has 0 aliphatic rings. The summed E-state index contributed by atoms with van der Waals surface area (Å²) in [5.74, 6) is 0.00462. The van der Waals surface area contributed by atoms with Gasteiger partial charge in [0, 0.05) is 25.0 Å². The number of nitrogens with zero attached hydrogens (tertiary/aromatic N) is 1. The van der Waals surface area contributed by atoms with Crippen molar-refractivity contribution in [2.45, 2.75) is 19.0 Å². The molecule has 1 atom stereocenters. The fourth-order valence-electron chi connectivity index (χ4n) is 4.10. The minimum Gasteiger partial charge on any atom is -0.483 e. The van der Waals surface area contributed by atoms with E-state index < -0.39 is 6.04 Å². The molecule has 4 rings (SSSR count). The highest BCUT2D eigenvalue weighted by Crippen LogP contribution is 2.33. The van der Waals surface area contributed by atoms with Crippen molar-refractivity contribution in [3.63, 3.8) is 0 Å². The largest absolute Gasteiger partial charge is 0.483 e. The molecule has 0 radical (unpaired) electrons. The van der Waals surface area contributed by atoms with Gasteiger partial charge >= 0.3 is 0 Å². The predicted octanol–water partition coefficient (Wildman–Crippen LogP) is 6.02. The van der Waals surface area contributed by atoms with Crippen LogP contribution in [0.25, 0.3) is 10.8 Å². The SMILES string of the molecule is CNC(=O)[C@H](Cc1ccccc1)N(Cc1cccc(Cl)c1)C(=O)COc1ccc2ccccc2c1Br. The van der Waals surface area contributed by atoms with Gasteiger partial charge in [0.05, 0.1) is 4.47 Å². The highest BCUT2D eigenvalue weighted by molar-refractivity contribution is 9.10. The lowest BCUT2D eigenvalue weighted by atomic mass is 10.0. The number of halogens is 2. The van der Waals surface area contributed by atoms with Gasteiger partial charge in [0.2, 0.25) is 5.91 Å². The number of amides is 2. The van der Waals surface area contributed by atoms with Gasteiger partial charge in [-0.25, -0.2) is 0 Å². The van der Waals surface area contributed by atoms with Crippen LogP contribution in [0.15, 0.2) is 95.5 Å². The van der Waals surface area contributed by atoms with Crippen LogP contribution >= 0.6 is 27.5 Å². The average Bonchev–Trinajstić information content (AvgIpc) is 2.90. The van der Waals surface area contributed by atoms with E-state index in [1.54, 1.807) is 24.1 Å². The minimum absolute atomic E-state index is 0.215. The van der Waals surface area contributed by atoms with E-state index in [2.05, 4.69) is 21.2 Å². The second-order valence-corrected chi connectivity index (χ2v) is 9.59. The van der Waals surface area contributed by atoms with Crippen LogP contribution in [0.5, 0.6) is 5.75 Å². The first-order valence-corrected chi connectivity index (χ1v) is 12.7. The van der Waals surface area contributed by atoms with Crippen molar-refractivity contribution in [1.82, 2.24) is 10.2 Å². The summed E-state index contributed by atoms with van der Waals surface area (Å²) in [4.78, 5) is 28.2. The van der Waals surface area contributed by atoms with Crippen molar-refractivity contribution >= 4 is 50.1 Å². The van der Waals surface area contributed by atoms with Gasteiger partial charge in [-0.15, -0.1) is 0 Å². The molecule has 0 aromatic heterocycles. The molecule has 1 N–H and O–H groups in total. The molecule has 0 unspecified atom stereocenters. The van der Waals surface area contributed by atoms with Gasteiger partial charge in [-0.2, -0.15) is 0 Å². The van der Waals surface area contributed by atoms with Crippen LogP contribution < -0.4 is 10.1 Å². The van der Waals surface area contributed by atoms with Crippen molar-refractivity contribution in [3.8, 4) is 5.75 Å². The van der Waals surface area contributed by atoms with Crippen molar-refractivity contribution in [3.05, 3.63) is 112 Å². The van der Waals surface area contributed by atoms with Crippen LogP contribution in [0.1, 0.15) is 11.1 Å². The maximum absolute atomic E-state index is 13.6. The van der Waals surface area contributed by atoms with Crippen molar-refractivity contribution in [2.75, 3.05) is 13.7 Å². The van der Waals surface area contributed by atoms with Crippen molar-refractivity contribution in [1.29, 1.82) is 0 Å². The zero-order valence-corrected chi connectivity index (χ0v) is 22.1. The molecular weight excluding hydrogens is 540 g/mol. The fraction of sp³-hybridized carbons (Fsp3) is 0.172. The predicted molar refractivity (Wildman–Crippen MR) is 147 cm³/mol. The molecule has 0 saturated heterocycles. The fourth-order valence-corrected chi connectivity index (χ4v) is 4.92. The summed E-state index contributed by atoms with van der Waals surface area (Å²) in [6.45, 7) is -0.00759. The highest BCUT2D eigenvalue weighted by Gasteiger charge is 2.30. The second-order valence-electron chi connectivity index (χ2n) is 8.36. The first kappa shape index (κ1) is 25.7. The van der Waals surface area contributed by atoms with Gasteiger partial charge in [-0.3, -0.25) is 9.59 Å². The van der Waals surface area contributed by atoms with Crippen LogP contribution in [-0.2, 0) is 22.6 Å². The van der Waals surface area contributed by atoms with Gasteiger partial charge in [0.1, 0.15) is 11.8 Å². The van der Waals surface area contributed by atoms with Gasteiger partial charge < -0.3 is 15.0 Å². The normalized spacial score (nSPS) is 11.6. The van der Waals surface area contributed by atoms with Crippen LogP contribution in [0.2, 0.25) is 5.02 Å². The lowest BCUT2D eigenvalue weighted by Crippen LogP contribution is -2.51. The van der Waals surface area contributed by atoms with Gasteiger partial charge in [0.15, 0.2) is 6.61 Å². The van der Waals surface area contributed by atoms with Crippen molar-refractivity contribution < 1.29 is 14.3 Å². The molecular formula is C29H26BrClN2O3. The molecule has 4 aromatic rings. The Morgan fingerprint density at radius 1 is 0.944 bits per heavy atom. The van der Waals surface area contributed by atoms with E-state index in [0.717, 1.165) is 26.4 Å². The van der Waals surface area contributed by atoms with Gasteiger partial charge in [-0.05, 0) is 56.0 Å². The van der Waals surface area contributed by atoms with E-state index in [1.165, 1.54) is 0 Å². The van der Waals surface area contributed by atoms with Crippen LogP contribution in [0, 0.1) is 0 Å². The first-order valence-electron chi connectivity index (χ1n) is 11.6. The number of rotatable bonds is 9. The number of benzene rings is 4. The molecule has 36 heavy (non-hydrogen) atoms. The second kappa shape index (κ2) is 12.1. The summed E-state index contributed by atoms with van der Waals surface area (Å²) < 4.78 is 6.75. The molecule has 0 spiro atoms. The Morgan fingerprint density at radius 2 is 1.67 bits per heavy atom. The number of likely N-dealkylation sites (N-methyl/N-ethyl adjacent to an activating group) is 1. The van der Waals surface area contributed by atoms with Gasteiger partial charge in [-0.1, -0.05) is 84.4 Å². The van der Waals surface area contributed by atoms with Crippen LogP contribution in [0.4, 0.5) is 0 Å². The van der Waals surface area contributed by atoms with E-state index in [9.17, 15) is 9.59 Å². The Morgan fingerprint density at radius 3 is 2.42 bits per heavy atom. The summed E-state index contributed by atoms with van der Waals surface area (Å²) in [5, 5.41) is 5.33. The summed E-state index contributed by atoms with van der Waals surface area (Å²) in [6.07, 6.45) is 0.368. The maximum atomic E-state index is 13.6. The van der Waals surface area contributed by atoms with E-state index in [4.69, 9.17) is 16.3 Å². The van der Waals surface area contributed by atoms with Crippen molar-refractivity contribution in [2.24, 2.45) is 0 Å². The number of carbonyl (C=O) groups excluding carboxylic acids is 2. The van der Waals surface area contributed by atoms with E-state index in [-0.39, 0.29) is 25.0 Å². The third-order valence-electron chi connectivity index (χ3n) is 5.94. The molecule has 0 aliphatic carbocycles. The molecule has 0 aliphatic heterocycles. The Hall–Kier alpha value is -3.35. The number of hydrogen-bond acceptors (Lipinski definition) is 3. The third-order valence-corrected chi connectivity index (χ3v) is 6.99. The zero-order valence-electron chi connectivity index (χ0n) is 19.8. The Bertz CT molecular complexity index is 1360. The molecule has 184 valence electrons. The molecule has 0 fully saturated rings. The quantitative estimate of drug-likeness (QED) is 0.270. The lowest BCUT2D eigenvalue weighted by molar-refractivity contribution is -0.142. The Balaban J connectivity index is 1.62. The highest BCUT2D eigenvalue weighted by atomic mass is 79.9. The van der Waals surface area contributed by atoms with E-state index in [1.807, 2.05) is 78.9 Å². The monoisotopic (exact) mass is 564 g/mol. The zero-order chi connectivity index (χ0) is 25.5. The third kappa shape index (κ3) is 6.25. The number of hydrogen-bond donors (Lipinski definition) is 1. The molecule has 2 amide bonds. The summed E-state index contributed by atoms with van der Waals surface area (Å²) in [6, 6.07) is 27.9. The van der Waals surface area contributed by atoms with Crippen LogP contribution in [0.3, 0.4) is 0 Å². The molecule has 5 nitrogen and oxygen atoms in total. The summed E-state index contributed by atoms with van der Waals surface area (Å²) in [5.41, 5.74) is 1.78. The number of ether oxygens (including phenoxy) is 1. The topological polar surface area (TPSA) is 58.6 Å². The van der Waals surface area contributed by atoms with E-state index >= 15 is 0 Å². The molecule has 7 heteroatoms. The van der Waals surface area contributed by atoms with Gasteiger partial charge in [0.25, 0.3) is 5.91 Å². The average molecular weight is 566 g/mol. The number of carbonyl (C=O) groups is 2. The molecule has 0 bridgehead atoms. The maximum Gasteiger partial charge on any atom is 0.261 e. The number of nitrogens with one attached hydrogen (secondary N) is 1. The standard InChI is InChI=1S/C29H26BrClN2O3/c1-32-29(35)25(17-20-8-3-2-4-9-20)33(18-21-10-7-12-23(31)16-21)27(34)19-36-26-15-14-22-11-5-6-13-24(22)28(26)30/h2-16,25H,17-19H2,1H3,(H,32,35)/t25-/m0/s1. The molecule has 0 saturated carbocycles. The smallest absolute Gasteiger partial charge is 0.261 e. The Kier molecular flexibility index (Phi) is 8.62. The molecule has 0 heterocycles. The Labute approximate surface area is 224 Å². The molecule has 4 aromatic carbocycles.